The highest BCUT2D eigenvalue weighted by atomic mass is 35.5. The summed E-state index contributed by atoms with van der Waals surface area (Å²) in [5.41, 5.74) is 6.18. The molecule has 0 aliphatic heterocycles. The normalized spacial score (nSPS) is 11.4. The SMILES string of the molecule is CCCOc1cc(F)ccc1NC(=O)C(N)CCC.Cl. The van der Waals surface area contributed by atoms with Crippen LogP contribution in [0.1, 0.15) is 33.1 Å². The Labute approximate surface area is 125 Å². The van der Waals surface area contributed by atoms with E-state index in [4.69, 9.17) is 10.5 Å². The molecule has 4 nitrogen and oxygen atoms in total. The van der Waals surface area contributed by atoms with Gasteiger partial charge in [0.25, 0.3) is 0 Å². The Hall–Kier alpha value is -1.33. The number of hydrogen-bond donors (Lipinski definition) is 2. The summed E-state index contributed by atoms with van der Waals surface area (Å²) in [5, 5.41) is 2.68. The number of rotatable bonds is 7. The van der Waals surface area contributed by atoms with Crippen LogP contribution in [0.15, 0.2) is 18.2 Å². The van der Waals surface area contributed by atoms with Gasteiger partial charge < -0.3 is 15.8 Å². The maximum atomic E-state index is 13.2. The van der Waals surface area contributed by atoms with Crippen LogP contribution in [0.25, 0.3) is 0 Å². The zero-order chi connectivity index (χ0) is 14.3. The minimum absolute atomic E-state index is 0. The fourth-order valence-corrected chi connectivity index (χ4v) is 1.60. The maximum Gasteiger partial charge on any atom is 0.241 e. The summed E-state index contributed by atoms with van der Waals surface area (Å²) in [6.45, 7) is 4.38. The van der Waals surface area contributed by atoms with E-state index in [-0.39, 0.29) is 18.3 Å². The third-order valence-corrected chi connectivity index (χ3v) is 2.60. The second kappa shape index (κ2) is 9.55. The van der Waals surface area contributed by atoms with Gasteiger partial charge in [0.2, 0.25) is 5.91 Å². The van der Waals surface area contributed by atoms with Crippen molar-refractivity contribution >= 4 is 24.0 Å². The van der Waals surface area contributed by atoms with Crippen LogP contribution in [-0.2, 0) is 4.79 Å². The molecule has 0 saturated heterocycles. The molecular formula is C14H22ClFN2O2. The van der Waals surface area contributed by atoms with Gasteiger partial charge in [0, 0.05) is 6.07 Å². The van der Waals surface area contributed by atoms with E-state index < -0.39 is 11.9 Å². The van der Waals surface area contributed by atoms with Crippen LogP contribution in [-0.4, -0.2) is 18.6 Å². The van der Waals surface area contributed by atoms with E-state index in [1.54, 1.807) is 0 Å². The Morgan fingerprint density at radius 3 is 2.70 bits per heavy atom. The molecule has 0 radical (unpaired) electrons. The van der Waals surface area contributed by atoms with E-state index >= 15 is 0 Å². The first kappa shape index (κ1) is 18.7. The highest BCUT2D eigenvalue weighted by Gasteiger charge is 2.15. The van der Waals surface area contributed by atoms with E-state index in [2.05, 4.69) is 5.32 Å². The number of nitrogens with two attached hydrogens (primary N) is 1. The van der Waals surface area contributed by atoms with Gasteiger partial charge in [-0.25, -0.2) is 4.39 Å². The molecule has 0 aliphatic carbocycles. The maximum absolute atomic E-state index is 13.2. The Balaban J connectivity index is 0.00000361. The standard InChI is InChI=1S/C14H21FN2O2.ClH/c1-3-5-11(16)14(18)17-12-7-6-10(15)9-13(12)19-8-4-2;/h6-7,9,11H,3-5,8,16H2,1-2H3,(H,17,18);1H. The van der Waals surface area contributed by atoms with Gasteiger partial charge in [0.1, 0.15) is 11.6 Å². The Kier molecular flexibility index (Phi) is 8.92. The number of carbonyl (C=O) groups excluding carboxylic acids is 1. The number of ether oxygens (including phenoxy) is 1. The van der Waals surface area contributed by atoms with Gasteiger partial charge >= 0.3 is 0 Å². The summed E-state index contributed by atoms with van der Waals surface area (Å²) in [4.78, 5) is 11.8. The molecule has 0 bridgehead atoms. The summed E-state index contributed by atoms with van der Waals surface area (Å²) < 4.78 is 18.6. The van der Waals surface area contributed by atoms with Crippen molar-refractivity contribution in [3.05, 3.63) is 24.0 Å². The molecule has 1 rings (SSSR count). The second-order valence-electron chi connectivity index (χ2n) is 4.37. The molecule has 1 aromatic carbocycles. The van der Waals surface area contributed by atoms with Crippen LogP contribution in [0.4, 0.5) is 10.1 Å². The molecule has 0 aliphatic rings. The van der Waals surface area contributed by atoms with Crippen LogP contribution in [0.5, 0.6) is 5.75 Å². The number of amides is 1. The Bertz CT molecular complexity index is 430. The van der Waals surface area contributed by atoms with Gasteiger partial charge in [-0.05, 0) is 25.0 Å². The molecular weight excluding hydrogens is 283 g/mol. The third-order valence-electron chi connectivity index (χ3n) is 2.60. The lowest BCUT2D eigenvalue weighted by Gasteiger charge is -2.15. The van der Waals surface area contributed by atoms with Crippen molar-refractivity contribution in [2.75, 3.05) is 11.9 Å². The predicted molar refractivity (Wildman–Crippen MR) is 80.9 cm³/mol. The molecule has 0 spiro atoms. The summed E-state index contributed by atoms with van der Waals surface area (Å²) in [7, 11) is 0. The van der Waals surface area contributed by atoms with Gasteiger partial charge in [-0.15, -0.1) is 12.4 Å². The fourth-order valence-electron chi connectivity index (χ4n) is 1.60. The summed E-state index contributed by atoms with van der Waals surface area (Å²) in [6.07, 6.45) is 2.24. The van der Waals surface area contributed by atoms with Crippen molar-refractivity contribution < 1.29 is 13.9 Å². The lowest BCUT2D eigenvalue weighted by Crippen LogP contribution is -2.35. The molecule has 20 heavy (non-hydrogen) atoms. The summed E-state index contributed by atoms with van der Waals surface area (Å²) in [5.74, 6) is -0.351. The monoisotopic (exact) mass is 304 g/mol. The fraction of sp³-hybridized carbons (Fsp3) is 0.500. The van der Waals surface area contributed by atoms with Crippen LogP contribution in [0.2, 0.25) is 0 Å². The molecule has 0 saturated carbocycles. The van der Waals surface area contributed by atoms with E-state index in [1.807, 2.05) is 13.8 Å². The second-order valence-corrected chi connectivity index (χ2v) is 4.37. The van der Waals surface area contributed by atoms with E-state index in [1.165, 1.54) is 18.2 Å². The average molecular weight is 305 g/mol. The van der Waals surface area contributed by atoms with Gasteiger partial charge in [0.15, 0.2) is 0 Å². The van der Waals surface area contributed by atoms with Gasteiger partial charge in [0.05, 0.1) is 18.3 Å². The topological polar surface area (TPSA) is 64.3 Å². The van der Waals surface area contributed by atoms with Crippen LogP contribution < -0.4 is 15.8 Å². The highest BCUT2D eigenvalue weighted by Crippen LogP contribution is 2.25. The van der Waals surface area contributed by atoms with Crippen molar-refractivity contribution in [1.82, 2.24) is 0 Å². The van der Waals surface area contributed by atoms with E-state index in [0.717, 1.165) is 12.8 Å². The quantitative estimate of drug-likeness (QED) is 0.813. The molecule has 6 heteroatoms. The smallest absolute Gasteiger partial charge is 0.241 e. The number of benzene rings is 1. The van der Waals surface area contributed by atoms with Crippen molar-refractivity contribution in [2.45, 2.75) is 39.2 Å². The number of anilines is 1. The zero-order valence-electron chi connectivity index (χ0n) is 11.8. The number of nitrogens with one attached hydrogen (secondary N) is 1. The van der Waals surface area contributed by atoms with Gasteiger partial charge in [-0.1, -0.05) is 20.3 Å². The first-order chi connectivity index (χ1) is 9.08. The number of carbonyl (C=O) groups is 1. The molecule has 0 fully saturated rings. The molecule has 1 amide bonds. The minimum Gasteiger partial charge on any atom is -0.491 e. The predicted octanol–water partition coefficient (Wildman–Crippen LogP) is 3.10. The summed E-state index contributed by atoms with van der Waals surface area (Å²) >= 11 is 0. The van der Waals surface area contributed by atoms with Crippen LogP contribution in [0.3, 0.4) is 0 Å². The van der Waals surface area contributed by atoms with Crippen molar-refractivity contribution in [1.29, 1.82) is 0 Å². The van der Waals surface area contributed by atoms with Crippen molar-refractivity contribution in [2.24, 2.45) is 5.73 Å². The molecule has 114 valence electrons. The number of halogens is 2. The summed E-state index contributed by atoms with van der Waals surface area (Å²) in [6, 6.07) is 3.46. The highest BCUT2D eigenvalue weighted by molar-refractivity contribution is 5.95. The van der Waals surface area contributed by atoms with E-state index in [0.29, 0.717) is 24.5 Å². The minimum atomic E-state index is -0.561. The van der Waals surface area contributed by atoms with Crippen molar-refractivity contribution in [3.8, 4) is 5.75 Å². The molecule has 1 aromatic rings. The largest absolute Gasteiger partial charge is 0.491 e. The first-order valence-electron chi connectivity index (χ1n) is 6.57. The molecule has 0 aromatic heterocycles. The first-order valence-corrected chi connectivity index (χ1v) is 6.57. The number of hydrogen-bond acceptors (Lipinski definition) is 3. The van der Waals surface area contributed by atoms with Crippen LogP contribution >= 0.6 is 12.4 Å². The van der Waals surface area contributed by atoms with Crippen molar-refractivity contribution in [3.63, 3.8) is 0 Å². The lowest BCUT2D eigenvalue weighted by molar-refractivity contribution is -0.117. The van der Waals surface area contributed by atoms with E-state index in [9.17, 15) is 9.18 Å². The molecule has 0 heterocycles. The molecule has 1 atom stereocenters. The third kappa shape index (κ3) is 5.75. The lowest BCUT2D eigenvalue weighted by atomic mass is 10.1. The molecule has 1 unspecified atom stereocenters. The Morgan fingerprint density at radius 2 is 2.10 bits per heavy atom. The zero-order valence-corrected chi connectivity index (χ0v) is 12.6. The van der Waals surface area contributed by atoms with Crippen LogP contribution in [0, 0.1) is 5.82 Å². The van der Waals surface area contributed by atoms with Gasteiger partial charge in [-0.2, -0.15) is 0 Å². The Morgan fingerprint density at radius 1 is 1.40 bits per heavy atom. The van der Waals surface area contributed by atoms with Gasteiger partial charge in [-0.3, -0.25) is 4.79 Å². The molecule has 3 N–H and O–H groups in total. The average Bonchev–Trinajstić information content (AvgIpc) is 2.39.